The monoisotopic (exact) mass is 423 g/mol. The van der Waals surface area contributed by atoms with Crippen molar-refractivity contribution in [2.75, 3.05) is 0 Å². The molecular weight excluding hydrogens is 394 g/mol. The molecule has 2 N–H and O–H groups in total. The van der Waals surface area contributed by atoms with Crippen LogP contribution in [0.5, 0.6) is 0 Å². The van der Waals surface area contributed by atoms with E-state index >= 15 is 0 Å². The van der Waals surface area contributed by atoms with Crippen molar-refractivity contribution in [1.29, 1.82) is 0 Å². The van der Waals surface area contributed by atoms with E-state index in [1.165, 1.54) is 27.8 Å². The molecule has 0 bridgehead atoms. The Bertz CT molecular complexity index is 1220. The maximum absolute atomic E-state index is 11.8. The third kappa shape index (κ3) is 3.73. The molecule has 4 aromatic rings. The van der Waals surface area contributed by atoms with Crippen molar-refractivity contribution in [2.45, 2.75) is 44.4 Å². The van der Waals surface area contributed by atoms with Crippen LogP contribution in [0.2, 0.25) is 0 Å². The summed E-state index contributed by atoms with van der Waals surface area (Å²) in [5, 5.41) is 10.9. The first-order valence-corrected chi connectivity index (χ1v) is 11.6. The first-order chi connectivity index (χ1) is 15.6. The molecule has 3 atom stereocenters. The lowest BCUT2D eigenvalue weighted by atomic mass is 9.75. The summed E-state index contributed by atoms with van der Waals surface area (Å²) in [4.78, 5) is 15.4. The van der Waals surface area contributed by atoms with E-state index in [4.69, 9.17) is 0 Å². The van der Waals surface area contributed by atoms with E-state index in [9.17, 15) is 9.90 Å². The second kappa shape index (κ2) is 8.66. The van der Waals surface area contributed by atoms with Gasteiger partial charge < -0.3 is 10.1 Å². The van der Waals surface area contributed by atoms with E-state index in [1.54, 1.807) is 0 Å². The highest BCUT2D eigenvalue weighted by Crippen LogP contribution is 2.41. The molecule has 0 spiro atoms. The summed E-state index contributed by atoms with van der Waals surface area (Å²) in [6, 6.07) is 27.7. The molecule has 1 unspecified atom stereocenters. The lowest BCUT2D eigenvalue weighted by Crippen LogP contribution is -2.25. The molecular formula is C29H29NO2. The molecule has 162 valence electrons. The zero-order valence-electron chi connectivity index (χ0n) is 18.4. The number of para-hydroxylation sites is 1. The summed E-state index contributed by atoms with van der Waals surface area (Å²) < 4.78 is 0. The van der Waals surface area contributed by atoms with Crippen LogP contribution in [0.4, 0.5) is 0 Å². The maximum atomic E-state index is 11.8. The normalized spacial score (nSPS) is 19.7. The fraction of sp³-hybridized carbons (Fsp3) is 0.276. The number of carboxylic acids is 1. The number of rotatable bonds is 5. The molecule has 0 saturated heterocycles. The van der Waals surface area contributed by atoms with Gasteiger partial charge in [-0.2, -0.15) is 0 Å². The minimum absolute atomic E-state index is 0.124. The number of carboxylic acid groups (broad SMARTS) is 1. The van der Waals surface area contributed by atoms with Crippen molar-refractivity contribution in [3.63, 3.8) is 0 Å². The molecule has 1 heterocycles. The summed E-state index contributed by atoms with van der Waals surface area (Å²) in [7, 11) is 0. The van der Waals surface area contributed by atoms with E-state index in [0.29, 0.717) is 0 Å². The second-order valence-corrected chi connectivity index (χ2v) is 9.05. The predicted octanol–water partition coefficient (Wildman–Crippen LogP) is 7.35. The van der Waals surface area contributed by atoms with Gasteiger partial charge in [0, 0.05) is 16.8 Å². The van der Waals surface area contributed by atoms with Gasteiger partial charge >= 0.3 is 5.97 Å². The second-order valence-electron chi connectivity index (χ2n) is 9.05. The highest BCUT2D eigenvalue weighted by molar-refractivity contribution is 5.91. The van der Waals surface area contributed by atoms with Gasteiger partial charge in [0.05, 0.1) is 11.6 Å². The number of carbonyl (C=O) groups is 1. The van der Waals surface area contributed by atoms with Crippen LogP contribution < -0.4 is 0 Å². The van der Waals surface area contributed by atoms with Gasteiger partial charge in [0.1, 0.15) is 0 Å². The number of aromatic amines is 1. The highest BCUT2D eigenvalue weighted by Gasteiger charge is 2.32. The van der Waals surface area contributed by atoms with E-state index in [1.807, 2.05) is 6.07 Å². The number of fused-ring (bicyclic) bond motifs is 1. The van der Waals surface area contributed by atoms with Gasteiger partial charge in [-0.3, -0.25) is 4.79 Å². The van der Waals surface area contributed by atoms with Gasteiger partial charge in [0.25, 0.3) is 0 Å². The lowest BCUT2D eigenvalue weighted by Gasteiger charge is -2.29. The van der Waals surface area contributed by atoms with Crippen molar-refractivity contribution < 1.29 is 9.90 Å². The summed E-state index contributed by atoms with van der Waals surface area (Å²) in [6.45, 7) is 2.26. The van der Waals surface area contributed by atoms with Gasteiger partial charge in [-0.1, -0.05) is 92.6 Å². The van der Waals surface area contributed by atoms with Crippen LogP contribution >= 0.6 is 0 Å². The van der Waals surface area contributed by atoms with Crippen LogP contribution in [0, 0.1) is 5.92 Å². The third-order valence-corrected chi connectivity index (χ3v) is 7.19. The standard InChI is InChI=1S/C29H29NO2/c1-19(20-15-17-21(18-16-20)23-11-5-6-12-24(23)29(31)32)27-25-13-7-8-14-26(25)30-28(27)22-9-3-2-4-10-22/h2-4,7-10,13-19,23-24,30H,5-6,11-12H2,1H3,(H,31,32)/t19?,23-,24+/m0/s1. The molecule has 0 radical (unpaired) electrons. The quantitative estimate of drug-likeness (QED) is 0.353. The van der Waals surface area contributed by atoms with Gasteiger partial charge in [-0.25, -0.2) is 0 Å². The van der Waals surface area contributed by atoms with E-state index < -0.39 is 5.97 Å². The minimum atomic E-state index is -0.654. The summed E-state index contributed by atoms with van der Waals surface area (Å²) in [5.41, 5.74) is 7.22. The molecule has 0 amide bonds. The molecule has 1 aliphatic rings. The molecule has 1 aliphatic carbocycles. The Kier molecular flexibility index (Phi) is 5.57. The van der Waals surface area contributed by atoms with Crippen LogP contribution in [-0.4, -0.2) is 16.1 Å². The predicted molar refractivity (Wildman–Crippen MR) is 130 cm³/mol. The lowest BCUT2D eigenvalue weighted by molar-refractivity contribution is -0.143. The molecule has 1 aromatic heterocycles. The highest BCUT2D eigenvalue weighted by atomic mass is 16.4. The van der Waals surface area contributed by atoms with Crippen molar-refractivity contribution in [2.24, 2.45) is 5.92 Å². The molecule has 5 rings (SSSR count). The van der Waals surface area contributed by atoms with Crippen LogP contribution in [0.1, 0.15) is 61.1 Å². The fourth-order valence-corrected chi connectivity index (χ4v) is 5.47. The number of hydrogen-bond acceptors (Lipinski definition) is 1. The molecule has 3 nitrogen and oxygen atoms in total. The average molecular weight is 424 g/mol. The Labute approximate surface area is 189 Å². The Morgan fingerprint density at radius 2 is 1.59 bits per heavy atom. The average Bonchev–Trinajstić information content (AvgIpc) is 3.24. The summed E-state index contributed by atoms with van der Waals surface area (Å²) in [6.07, 6.45) is 3.88. The first-order valence-electron chi connectivity index (χ1n) is 11.6. The topological polar surface area (TPSA) is 53.1 Å². The van der Waals surface area contributed by atoms with Crippen molar-refractivity contribution in [1.82, 2.24) is 4.98 Å². The number of hydrogen-bond donors (Lipinski definition) is 2. The van der Waals surface area contributed by atoms with Crippen molar-refractivity contribution in [3.05, 3.63) is 95.6 Å². The molecule has 32 heavy (non-hydrogen) atoms. The van der Waals surface area contributed by atoms with Crippen molar-refractivity contribution >= 4 is 16.9 Å². The third-order valence-electron chi connectivity index (χ3n) is 7.19. The number of nitrogens with one attached hydrogen (secondary N) is 1. The largest absolute Gasteiger partial charge is 0.481 e. The van der Waals surface area contributed by atoms with Crippen LogP contribution in [0.25, 0.3) is 22.2 Å². The van der Waals surface area contributed by atoms with E-state index in [0.717, 1.165) is 36.8 Å². The summed E-state index contributed by atoms with van der Waals surface area (Å²) >= 11 is 0. The van der Waals surface area contributed by atoms with Gasteiger partial charge in [0.15, 0.2) is 0 Å². The van der Waals surface area contributed by atoms with Gasteiger partial charge in [-0.05, 0) is 47.1 Å². The van der Waals surface area contributed by atoms with E-state index in [2.05, 4.69) is 84.7 Å². The van der Waals surface area contributed by atoms with E-state index in [-0.39, 0.29) is 17.8 Å². The zero-order chi connectivity index (χ0) is 22.1. The Morgan fingerprint density at radius 3 is 2.34 bits per heavy atom. The zero-order valence-corrected chi connectivity index (χ0v) is 18.4. The van der Waals surface area contributed by atoms with Crippen LogP contribution in [0.3, 0.4) is 0 Å². The smallest absolute Gasteiger partial charge is 0.307 e. The number of benzene rings is 3. The molecule has 1 saturated carbocycles. The maximum Gasteiger partial charge on any atom is 0.307 e. The minimum Gasteiger partial charge on any atom is -0.481 e. The molecule has 3 aromatic carbocycles. The SMILES string of the molecule is CC(c1ccc([C@@H]2CCCC[C@H]2C(=O)O)cc1)c1c(-c2ccccc2)[nH]c2ccccc12. The molecule has 1 fully saturated rings. The number of aliphatic carboxylic acids is 1. The fourth-order valence-electron chi connectivity index (χ4n) is 5.47. The number of H-pyrrole nitrogens is 1. The Hall–Kier alpha value is -3.33. The number of aromatic nitrogens is 1. The Morgan fingerprint density at radius 1 is 0.906 bits per heavy atom. The van der Waals surface area contributed by atoms with Gasteiger partial charge in [-0.15, -0.1) is 0 Å². The molecule has 3 heteroatoms. The molecule has 0 aliphatic heterocycles. The Balaban J connectivity index is 1.52. The van der Waals surface area contributed by atoms with Crippen LogP contribution in [0.15, 0.2) is 78.9 Å². The summed E-state index contributed by atoms with van der Waals surface area (Å²) in [5.74, 6) is -0.584. The first kappa shape index (κ1) is 20.6. The van der Waals surface area contributed by atoms with Crippen molar-refractivity contribution in [3.8, 4) is 11.3 Å². The van der Waals surface area contributed by atoms with Gasteiger partial charge in [0.2, 0.25) is 0 Å². The van der Waals surface area contributed by atoms with Crippen LogP contribution in [-0.2, 0) is 4.79 Å².